The first-order chi connectivity index (χ1) is 5.90. The van der Waals surface area contributed by atoms with Crippen LogP contribution in [0.25, 0.3) is 0 Å². The molecule has 1 aromatic rings. The van der Waals surface area contributed by atoms with E-state index in [2.05, 4.69) is 45.5 Å². The highest BCUT2D eigenvalue weighted by Crippen LogP contribution is 2.16. The van der Waals surface area contributed by atoms with E-state index in [0.29, 0.717) is 6.04 Å². The summed E-state index contributed by atoms with van der Waals surface area (Å²) >= 11 is 3.50. The second kappa shape index (κ2) is 3.58. The van der Waals surface area contributed by atoms with E-state index < -0.39 is 0 Å². The Balaban J connectivity index is 2.23. The lowest BCUT2D eigenvalue weighted by atomic mass is 9.97. The van der Waals surface area contributed by atoms with E-state index in [9.17, 15) is 0 Å². The minimum absolute atomic E-state index is 0.611. The normalized spacial score (nSPS) is 21.9. The lowest BCUT2D eigenvalue weighted by molar-refractivity contribution is 0.522. The van der Waals surface area contributed by atoms with E-state index in [4.69, 9.17) is 0 Å². The highest BCUT2D eigenvalue weighted by Gasteiger charge is 2.15. The van der Waals surface area contributed by atoms with E-state index >= 15 is 0 Å². The molecule has 0 amide bonds. The molecule has 0 spiro atoms. The van der Waals surface area contributed by atoms with Crippen molar-refractivity contribution in [1.82, 2.24) is 5.32 Å². The molecule has 0 saturated heterocycles. The Kier molecular flexibility index (Phi) is 2.47. The zero-order valence-corrected chi connectivity index (χ0v) is 8.47. The lowest BCUT2D eigenvalue weighted by Gasteiger charge is -2.24. The first-order valence-corrected chi connectivity index (χ1v) is 5.38. The van der Waals surface area contributed by atoms with Crippen molar-refractivity contribution in [2.24, 2.45) is 0 Å². The Hall–Kier alpha value is -0.340. The van der Waals surface area contributed by atoms with E-state index in [0.717, 1.165) is 18.3 Å². The van der Waals surface area contributed by atoms with Gasteiger partial charge in [-0.05, 0) is 17.5 Å². The number of hydrogen-bond donors (Lipinski definition) is 1. The zero-order valence-electron chi connectivity index (χ0n) is 6.89. The molecule has 1 aromatic carbocycles. The van der Waals surface area contributed by atoms with Crippen molar-refractivity contribution in [1.29, 1.82) is 0 Å². The first kappa shape index (κ1) is 8.27. The quantitative estimate of drug-likeness (QED) is 0.723. The van der Waals surface area contributed by atoms with E-state index in [-0.39, 0.29) is 0 Å². The Morgan fingerprint density at radius 2 is 2.08 bits per heavy atom. The average Bonchev–Trinajstić information content (AvgIpc) is 2.17. The summed E-state index contributed by atoms with van der Waals surface area (Å²) in [5, 5.41) is 4.52. The van der Waals surface area contributed by atoms with Gasteiger partial charge in [-0.3, -0.25) is 0 Å². The molecule has 1 atom stereocenters. The van der Waals surface area contributed by atoms with E-state index in [1.54, 1.807) is 0 Å². The number of rotatable bonds is 1. The van der Waals surface area contributed by atoms with E-state index in [1.165, 1.54) is 11.1 Å². The molecule has 0 saturated carbocycles. The van der Waals surface area contributed by atoms with Gasteiger partial charge in [-0.25, -0.2) is 0 Å². The van der Waals surface area contributed by atoms with Gasteiger partial charge >= 0.3 is 0 Å². The fourth-order valence-electron chi connectivity index (χ4n) is 1.63. The van der Waals surface area contributed by atoms with Gasteiger partial charge in [0.25, 0.3) is 0 Å². The molecule has 1 aliphatic heterocycles. The number of hydrogen-bond acceptors (Lipinski definition) is 1. The van der Waals surface area contributed by atoms with Crippen LogP contribution in [0.3, 0.4) is 0 Å². The van der Waals surface area contributed by atoms with Gasteiger partial charge in [0.15, 0.2) is 0 Å². The zero-order chi connectivity index (χ0) is 8.39. The van der Waals surface area contributed by atoms with Crippen molar-refractivity contribution in [3.63, 3.8) is 0 Å². The molecule has 12 heavy (non-hydrogen) atoms. The van der Waals surface area contributed by atoms with Gasteiger partial charge < -0.3 is 5.32 Å². The summed E-state index contributed by atoms with van der Waals surface area (Å²) in [6.07, 6.45) is 1.15. The molecular formula is C10H12BrN. The maximum Gasteiger partial charge on any atom is 0.0211 e. The standard InChI is InChI=1S/C10H12BrN/c11-6-10-5-8-3-1-2-4-9(8)7-12-10/h1-4,10,12H,5-7H2. The average molecular weight is 226 g/mol. The topological polar surface area (TPSA) is 12.0 Å². The second-order valence-electron chi connectivity index (χ2n) is 3.20. The largest absolute Gasteiger partial charge is 0.309 e. The van der Waals surface area contributed by atoms with Crippen LogP contribution in [-0.4, -0.2) is 11.4 Å². The molecular weight excluding hydrogens is 214 g/mol. The summed E-state index contributed by atoms with van der Waals surface area (Å²) in [6, 6.07) is 9.27. The van der Waals surface area contributed by atoms with Crippen LogP contribution in [-0.2, 0) is 13.0 Å². The van der Waals surface area contributed by atoms with Gasteiger partial charge in [0.05, 0.1) is 0 Å². The van der Waals surface area contributed by atoms with Crippen LogP contribution in [0.1, 0.15) is 11.1 Å². The van der Waals surface area contributed by atoms with Crippen molar-refractivity contribution >= 4 is 15.9 Å². The van der Waals surface area contributed by atoms with Gasteiger partial charge in [0, 0.05) is 17.9 Å². The first-order valence-electron chi connectivity index (χ1n) is 4.26. The molecule has 1 N–H and O–H groups in total. The van der Waals surface area contributed by atoms with Crippen molar-refractivity contribution in [2.75, 3.05) is 5.33 Å². The predicted octanol–water partition coefficient (Wildman–Crippen LogP) is 2.10. The molecule has 2 heteroatoms. The summed E-state index contributed by atoms with van der Waals surface area (Å²) in [5.74, 6) is 0. The molecule has 0 fully saturated rings. The van der Waals surface area contributed by atoms with Crippen molar-refractivity contribution < 1.29 is 0 Å². The molecule has 1 unspecified atom stereocenters. The van der Waals surface area contributed by atoms with Crippen LogP contribution in [0.4, 0.5) is 0 Å². The third-order valence-corrected chi connectivity index (χ3v) is 3.13. The summed E-state index contributed by atoms with van der Waals surface area (Å²) in [4.78, 5) is 0. The molecule has 1 nitrogen and oxygen atoms in total. The van der Waals surface area contributed by atoms with Crippen molar-refractivity contribution in [3.05, 3.63) is 35.4 Å². The van der Waals surface area contributed by atoms with Crippen LogP contribution in [0.2, 0.25) is 0 Å². The van der Waals surface area contributed by atoms with Crippen molar-refractivity contribution in [3.8, 4) is 0 Å². The lowest BCUT2D eigenvalue weighted by Crippen LogP contribution is -2.36. The number of nitrogens with one attached hydrogen (secondary N) is 1. The third-order valence-electron chi connectivity index (χ3n) is 2.35. The third kappa shape index (κ3) is 1.54. The molecule has 1 aliphatic rings. The molecule has 0 bridgehead atoms. The molecule has 0 aliphatic carbocycles. The molecule has 0 aromatic heterocycles. The van der Waals surface area contributed by atoms with Gasteiger partial charge in [0.1, 0.15) is 0 Å². The van der Waals surface area contributed by atoms with Crippen LogP contribution >= 0.6 is 15.9 Å². The minimum atomic E-state index is 0.611. The smallest absolute Gasteiger partial charge is 0.0211 e. The monoisotopic (exact) mass is 225 g/mol. The van der Waals surface area contributed by atoms with E-state index in [1.807, 2.05) is 0 Å². The summed E-state index contributed by atoms with van der Waals surface area (Å²) in [6.45, 7) is 1.02. The van der Waals surface area contributed by atoms with Gasteiger partial charge in [-0.2, -0.15) is 0 Å². The Bertz CT molecular complexity index is 272. The Morgan fingerprint density at radius 1 is 1.33 bits per heavy atom. The number of fused-ring (bicyclic) bond motifs is 1. The van der Waals surface area contributed by atoms with Gasteiger partial charge in [-0.1, -0.05) is 40.2 Å². The summed E-state index contributed by atoms with van der Waals surface area (Å²) in [7, 11) is 0. The summed E-state index contributed by atoms with van der Waals surface area (Å²) in [5.41, 5.74) is 2.95. The SMILES string of the molecule is BrCC1Cc2ccccc2CN1. The maximum absolute atomic E-state index is 3.50. The predicted molar refractivity (Wildman–Crippen MR) is 54.6 cm³/mol. The second-order valence-corrected chi connectivity index (χ2v) is 3.85. The van der Waals surface area contributed by atoms with Gasteiger partial charge in [-0.15, -0.1) is 0 Å². The maximum atomic E-state index is 3.50. The Morgan fingerprint density at radius 3 is 2.83 bits per heavy atom. The highest BCUT2D eigenvalue weighted by atomic mass is 79.9. The summed E-state index contributed by atoms with van der Waals surface area (Å²) < 4.78 is 0. The van der Waals surface area contributed by atoms with Crippen LogP contribution in [0.5, 0.6) is 0 Å². The van der Waals surface area contributed by atoms with Crippen LogP contribution < -0.4 is 5.32 Å². The van der Waals surface area contributed by atoms with Crippen LogP contribution in [0.15, 0.2) is 24.3 Å². The number of benzene rings is 1. The van der Waals surface area contributed by atoms with Crippen LogP contribution in [0, 0.1) is 0 Å². The number of alkyl halides is 1. The van der Waals surface area contributed by atoms with Crippen molar-refractivity contribution in [2.45, 2.75) is 19.0 Å². The molecule has 2 rings (SSSR count). The fourth-order valence-corrected chi connectivity index (χ4v) is 2.09. The number of halogens is 1. The molecule has 1 heterocycles. The highest BCUT2D eigenvalue weighted by molar-refractivity contribution is 9.09. The molecule has 64 valence electrons. The van der Waals surface area contributed by atoms with Gasteiger partial charge in [0.2, 0.25) is 0 Å². The molecule has 0 radical (unpaired) electrons. The fraction of sp³-hybridized carbons (Fsp3) is 0.400. The minimum Gasteiger partial charge on any atom is -0.309 e. The Labute approximate surface area is 81.3 Å².